The molecule has 0 aliphatic carbocycles. The SMILES string of the molecule is C=C(C(=O)OC)[C@@H](c1ccccc1)[C@@H](N=C(c1ccccc1)c1ccccc1)c1ccccc1. The fourth-order valence-corrected chi connectivity index (χ4v) is 4.13. The zero-order valence-corrected chi connectivity index (χ0v) is 19.2. The van der Waals surface area contributed by atoms with Crippen LogP contribution in [0.1, 0.15) is 34.2 Å². The third kappa shape index (κ3) is 5.21. The van der Waals surface area contributed by atoms with Crippen LogP contribution in [0.25, 0.3) is 0 Å². The third-order valence-corrected chi connectivity index (χ3v) is 5.80. The molecule has 0 N–H and O–H groups in total. The molecular formula is C31H27NO2. The number of carbonyl (C=O) groups excluding carboxylic acids is 1. The first kappa shape index (κ1) is 22.9. The van der Waals surface area contributed by atoms with Crippen molar-refractivity contribution in [3.8, 4) is 0 Å². The zero-order valence-electron chi connectivity index (χ0n) is 19.2. The third-order valence-electron chi connectivity index (χ3n) is 5.80. The van der Waals surface area contributed by atoms with Crippen LogP contribution in [0, 0.1) is 0 Å². The average molecular weight is 446 g/mol. The second-order valence-corrected chi connectivity index (χ2v) is 7.97. The van der Waals surface area contributed by atoms with Crippen LogP contribution >= 0.6 is 0 Å². The highest BCUT2D eigenvalue weighted by atomic mass is 16.5. The van der Waals surface area contributed by atoms with Crippen molar-refractivity contribution in [3.05, 3.63) is 156 Å². The topological polar surface area (TPSA) is 38.7 Å². The maximum Gasteiger partial charge on any atom is 0.333 e. The summed E-state index contributed by atoms with van der Waals surface area (Å²) in [6.07, 6.45) is 0. The Morgan fingerprint density at radius 2 is 1.09 bits per heavy atom. The second-order valence-electron chi connectivity index (χ2n) is 7.97. The molecule has 0 heterocycles. The van der Waals surface area contributed by atoms with Crippen LogP contribution in [0.3, 0.4) is 0 Å². The van der Waals surface area contributed by atoms with Crippen molar-refractivity contribution in [2.75, 3.05) is 7.11 Å². The first-order chi connectivity index (χ1) is 16.7. The number of hydrogen-bond donors (Lipinski definition) is 0. The zero-order chi connectivity index (χ0) is 23.8. The Labute approximate surface area is 201 Å². The molecule has 2 atom stereocenters. The molecule has 0 amide bonds. The van der Waals surface area contributed by atoms with Gasteiger partial charge in [0.25, 0.3) is 0 Å². The van der Waals surface area contributed by atoms with E-state index in [0.29, 0.717) is 5.57 Å². The molecule has 4 rings (SSSR count). The number of rotatable bonds is 8. The van der Waals surface area contributed by atoms with Gasteiger partial charge in [-0.2, -0.15) is 0 Å². The van der Waals surface area contributed by atoms with E-state index in [9.17, 15) is 4.79 Å². The van der Waals surface area contributed by atoms with Gasteiger partial charge in [0.15, 0.2) is 0 Å². The number of carbonyl (C=O) groups is 1. The van der Waals surface area contributed by atoms with E-state index >= 15 is 0 Å². The van der Waals surface area contributed by atoms with Crippen LogP contribution in [0.4, 0.5) is 0 Å². The monoisotopic (exact) mass is 445 g/mol. The lowest BCUT2D eigenvalue weighted by molar-refractivity contribution is -0.136. The Morgan fingerprint density at radius 3 is 1.53 bits per heavy atom. The van der Waals surface area contributed by atoms with Gasteiger partial charge in [-0.15, -0.1) is 0 Å². The first-order valence-electron chi connectivity index (χ1n) is 11.2. The Hall–Kier alpha value is -4.24. The second kappa shape index (κ2) is 11.1. The average Bonchev–Trinajstić information content (AvgIpc) is 2.92. The van der Waals surface area contributed by atoms with Crippen LogP contribution in [0.15, 0.2) is 138 Å². The summed E-state index contributed by atoms with van der Waals surface area (Å²) >= 11 is 0. The quantitative estimate of drug-likeness (QED) is 0.170. The molecule has 0 saturated carbocycles. The molecule has 0 fully saturated rings. The van der Waals surface area contributed by atoms with Crippen molar-refractivity contribution in [2.45, 2.75) is 12.0 Å². The number of aliphatic imine (C=N–C) groups is 1. The summed E-state index contributed by atoms with van der Waals surface area (Å²) in [6, 6.07) is 39.8. The van der Waals surface area contributed by atoms with E-state index in [1.165, 1.54) is 7.11 Å². The summed E-state index contributed by atoms with van der Waals surface area (Å²) < 4.78 is 5.09. The summed E-state index contributed by atoms with van der Waals surface area (Å²) in [7, 11) is 1.38. The predicted molar refractivity (Wildman–Crippen MR) is 138 cm³/mol. The number of nitrogens with zero attached hydrogens (tertiary/aromatic N) is 1. The number of methoxy groups -OCH3 is 1. The summed E-state index contributed by atoms with van der Waals surface area (Å²) in [5.41, 5.74) is 5.18. The van der Waals surface area contributed by atoms with Crippen molar-refractivity contribution < 1.29 is 9.53 Å². The molecule has 3 heteroatoms. The van der Waals surface area contributed by atoms with Crippen molar-refractivity contribution in [3.63, 3.8) is 0 Å². The number of ether oxygens (including phenoxy) is 1. The number of hydrogen-bond acceptors (Lipinski definition) is 3. The van der Waals surface area contributed by atoms with Crippen LogP contribution in [0.5, 0.6) is 0 Å². The molecule has 168 valence electrons. The highest BCUT2D eigenvalue weighted by Crippen LogP contribution is 2.40. The lowest BCUT2D eigenvalue weighted by atomic mass is 9.82. The lowest BCUT2D eigenvalue weighted by Crippen LogP contribution is -2.20. The highest BCUT2D eigenvalue weighted by Gasteiger charge is 2.31. The number of benzene rings is 4. The fraction of sp³-hybridized carbons (Fsp3) is 0.0968. The molecule has 0 aliphatic heterocycles. The minimum Gasteiger partial charge on any atom is -0.466 e. The van der Waals surface area contributed by atoms with E-state index in [0.717, 1.165) is 28.0 Å². The van der Waals surface area contributed by atoms with Crippen molar-refractivity contribution >= 4 is 11.7 Å². The van der Waals surface area contributed by atoms with Gasteiger partial charge in [-0.25, -0.2) is 4.79 Å². The molecule has 0 bridgehead atoms. The van der Waals surface area contributed by atoms with E-state index in [4.69, 9.17) is 9.73 Å². The van der Waals surface area contributed by atoms with Gasteiger partial charge in [-0.05, 0) is 11.1 Å². The predicted octanol–water partition coefficient (Wildman–Crippen LogP) is 6.78. The van der Waals surface area contributed by atoms with Crippen LogP contribution in [-0.4, -0.2) is 18.8 Å². The standard InChI is InChI=1S/C31H27NO2/c1-23(31(33)34-2)28(24-15-7-3-8-16-24)30(27-21-13-6-14-22-27)32-29(25-17-9-4-10-18-25)26-19-11-5-12-20-26/h3-22,28,30H,1H2,2H3/t28-,30-/m0/s1. The molecule has 0 saturated heterocycles. The molecule has 3 nitrogen and oxygen atoms in total. The van der Waals surface area contributed by atoms with Gasteiger partial charge in [0, 0.05) is 22.6 Å². The van der Waals surface area contributed by atoms with E-state index in [1.54, 1.807) is 0 Å². The Kier molecular flexibility index (Phi) is 7.46. The minimum atomic E-state index is -0.439. The van der Waals surface area contributed by atoms with Crippen LogP contribution < -0.4 is 0 Å². The minimum absolute atomic E-state index is 0.367. The van der Waals surface area contributed by atoms with Gasteiger partial charge in [-0.1, -0.05) is 128 Å². The highest BCUT2D eigenvalue weighted by molar-refractivity contribution is 6.13. The summed E-state index contributed by atoms with van der Waals surface area (Å²) in [5.74, 6) is -0.843. The molecule has 0 aliphatic rings. The lowest BCUT2D eigenvalue weighted by Gasteiger charge is -2.27. The maximum absolute atomic E-state index is 12.7. The van der Waals surface area contributed by atoms with Gasteiger partial charge >= 0.3 is 5.97 Å². The first-order valence-corrected chi connectivity index (χ1v) is 11.2. The van der Waals surface area contributed by atoms with Gasteiger partial charge in [0.2, 0.25) is 0 Å². The van der Waals surface area contributed by atoms with Gasteiger partial charge in [0.05, 0.1) is 18.9 Å². The maximum atomic E-state index is 12.7. The van der Waals surface area contributed by atoms with Gasteiger partial charge in [-0.3, -0.25) is 4.99 Å². The molecule has 4 aromatic rings. The largest absolute Gasteiger partial charge is 0.466 e. The molecule has 0 aromatic heterocycles. The summed E-state index contributed by atoms with van der Waals surface area (Å²) in [4.78, 5) is 18.1. The Balaban J connectivity index is 1.97. The van der Waals surface area contributed by atoms with E-state index in [-0.39, 0.29) is 0 Å². The summed E-state index contributed by atoms with van der Waals surface area (Å²) in [6.45, 7) is 4.16. The number of esters is 1. The van der Waals surface area contributed by atoms with E-state index in [1.807, 2.05) is 97.1 Å². The smallest absolute Gasteiger partial charge is 0.333 e. The van der Waals surface area contributed by atoms with Crippen molar-refractivity contribution in [2.24, 2.45) is 4.99 Å². The Bertz CT molecular complexity index is 1210. The molecule has 34 heavy (non-hydrogen) atoms. The van der Waals surface area contributed by atoms with Gasteiger partial charge < -0.3 is 4.74 Å². The molecule has 0 unspecified atom stereocenters. The normalized spacial score (nSPS) is 12.3. The molecule has 0 radical (unpaired) electrons. The van der Waals surface area contributed by atoms with Crippen molar-refractivity contribution in [1.82, 2.24) is 0 Å². The fourth-order valence-electron chi connectivity index (χ4n) is 4.13. The van der Waals surface area contributed by atoms with Gasteiger partial charge in [0.1, 0.15) is 0 Å². The summed E-state index contributed by atoms with van der Waals surface area (Å²) in [5, 5.41) is 0. The van der Waals surface area contributed by atoms with Crippen LogP contribution in [0.2, 0.25) is 0 Å². The molecular weight excluding hydrogens is 418 g/mol. The molecule has 0 spiro atoms. The Morgan fingerprint density at radius 1 is 0.676 bits per heavy atom. The molecule has 4 aromatic carbocycles. The van der Waals surface area contributed by atoms with E-state index in [2.05, 4.69) is 30.8 Å². The van der Waals surface area contributed by atoms with E-state index < -0.39 is 17.9 Å². The van der Waals surface area contributed by atoms with Crippen molar-refractivity contribution in [1.29, 1.82) is 0 Å². The van der Waals surface area contributed by atoms with Crippen LogP contribution in [-0.2, 0) is 9.53 Å².